The number of pyridine rings is 1. The summed E-state index contributed by atoms with van der Waals surface area (Å²) in [6.07, 6.45) is -2.76. The van der Waals surface area contributed by atoms with Gasteiger partial charge in [0.2, 0.25) is 0 Å². The summed E-state index contributed by atoms with van der Waals surface area (Å²) in [5.74, 6) is 0. The van der Waals surface area contributed by atoms with Crippen LogP contribution in [-0.2, 0) is 13.2 Å². The van der Waals surface area contributed by atoms with Crippen molar-refractivity contribution in [1.29, 1.82) is 0 Å². The van der Waals surface area contributed by atoms with Gasteiger partial charge in [-0.2, -0.15) is 0 Å². The Bertz CT molecular complexity index is 333. The third-order valence-electron chi connectivity index (χ3n) is 1.70. The molecule has 0 aliphatic rings. The Morgan fingerprint density at radius 1 is 1.57 bits per heavy atom. The van der Waals surface area contributed by atoms with E-state index in [-0.39, 0.29) is 17.3 Å². The Morgan fingerprint density at radius 3 is 2.64 bits per heavy atom. The van der Waals surface area contributed by atoms with Gasteiger partial charge in [-0.3, -0.25) is 0 Å². The highest BCUT2D eigenvalue weighted by atomic mass is 35.5. The minimum Gasteiger partial charge on any atom is -0.390 e. The van der Waals surface area contributed by atoms with Crippen LogP contribution in [0.3, 0.4) is 0 Å². The van der Waals surface area contributed by atoms with E-state index >= 15 is 0 Å². The van der Waals surface area contributed by atoms with Gasteiger partial charge in [-0.1, -0.05) is 11.6 Å². The molecule has 0 radical (unpaired) electrons. The molecule has 0 unspecified atom stereocenters. The highest BCUT2D eigenvalue weighted by molar-refractivity contribution is 6.32. The molecular formula is C8H9ClF2N2O. The first-order chi connectivity index (χ1) is 6.60. The van der Waals surface area contributed by atoms with Crippen molar-refractivity contribution in [2.45, 2.75) is 19.6 Å². The van der Waals surface area contributed by atoms with Crippen LogP contribution < -0.4 is 5.73 Å². The summed E-state index contributed by atoms with van der Waals surface area (Å²) >= 11 is 5.63. The van der Waals surface area contributed by atoms with Gasteiger partial charge in [-0.25, -0.2) is 13.8 Å². The van der Waals surface area contributed by atoms with Crippen molar-refractivity contribution in [2.75, 3.05) is 0 Å². The molecule has 0 aromatic carbocycles. The molecule has 0 atom stereocenters. The molecule has 0 bridgehead atoms. The van der Waals surface area contributed by atoms with Gasteiger partial charge in [0.1, 0.15) is 5.69 Å². The Balaban J connectivity index is 3.27. The maximum absolute atomic E-state index is 12.4. The largest absolute Gasteiger partial charge is 0.390 e. The van der Waals surface area contributed by atoms with E-state index in [4.69, 9.17) is 22.4 Å². The first-order valence-corrected chi connectivity index (χ1v) is 4.25. The number of rotatable bonds is 3. The summed E-state index contributed by atoms with van der Waals surface area (Å²) in [6.45, 7) is -0.377. The van der Waals surface area contributed by atoms with Crippen molar-refractivity contribution in [3.63, 3.8) is 0 Å². The molecule has 78 valence electrons. The maximum atomic E-state index is 12.4. The van der Waals surface area contributed by atoms with Crippen molar-refractivity contribution in [1.82, 2.24) is 4.98 Å². The maximum Gasteiger partial charge on any atom is 0.281 e. The number of hydrogen-bond acceptors (Lipinski definition) is 3. The molecule has 0 amide bonds. The molecule has 0 aliphatic heterocycles. The highest BCUT2D eigenvalue weighted by Crippen LogP contribution is 2.28. The molecule has 0 spiro atoms. The van der Waals surface area contributed by atoms with E-state index < -0.39 is 18.7 Å². The van der Waals surface area contributed by atoms with Gasteiger partial charge in [0, 0.05) is 6.54 Å². The van der Waals surface area contributed by atoms with Gasteiger partial charge < -0.3 is 10.8 Å². The Hall–Kier alpha value is -0.780. The zero-order valence-electron chi connectivity index (χ0n) is 7.17. The fraction of sp³-hybridized carbons (Fsp3) is 0.375. The van der Waals surface area contributed by atoms with Crippen LogP contribution in [0.4, 0.5) is 8.78 Å². The first kappa shape index (κ1) is 11.3. The van der Waals surface area contributed by atoms with Crippen LogP contribution >= 0.6 is 11.6 Å². The lowest BCUT2D eigenvalue weighted by Gasteiger charge is -2.08. The number of nitrogens with zero attached hydrogens (tertiary/aromatic N) is 1. The number of aliphatic hydroxyl groups is 1. The summed E-state index contributed by atoms with van der Waals surface area (Å²) in [5.41, 5.74) is 5.28. The van der Waals surface area contributed by atoms with Gasteiger partial charge in [0.15, 0.2) is 0 Å². The van der Waals surface area contributed by atoms with Crippen molar-refractivity contribution < 1.29 is 13.9 Å². The predicted octanol–water partition coefficient (Wildman–Crippen LogP) is 1.62. The summed E-state index contributed by atoms with van der Waals surface area (Å²) in [5, 5.41) is 8.64. The molecule has 6 heteroatoms. The van der Waals surface area contributed by atoms with Gasteiger partial charge in [-0.05, 0) is 11.6 Å². The Labute approximate surface area is 84.5 Å². The van der Waals surface area contributed by atoms with Crippen LogP contribution in [0.15, 0.2) is 6.07 Å². The molecule has 0 aliphatic carbocycles. The zero-order chi connectivity index (χ0) is 10.7. The summed E-state index contributed by atoms with van der Waals surface area (Å²) in [4.78, 5) is 3.51. The first-order valence-electron chi connectivity index (χ1n) is 3.87. The predicted molar refractivity (Wildman–Crippen MR) is 48.0 cm³/mol. The molecule has 0 saturated heterocycles. The van der Waals surface area contributed by atoms with Gasteiger partial charge in [0.05, 0.1) is 17.3 Å². The van der Waals surface area contributed by atoms with Crippen LogP contribution in [0.5, 0.6) is 0 Å². The zero-order valence-corrected chi connectivity index (χ0v) is 7.93. The molecular weight excluding hydrogens is 214 g/mol. The number of nitrogens with two attached hydrogens (primary N) is 1. The van der Waals surface area contributed by atoms with Crippen LogP contribution in [-0.4, -0.2) is 10.1 Å². The highest BCUT2D eigenvalue weighted by Gasteiger charge is 2.17. The lowest BCUT2D eigenvalue weighted by atomic mass is 10.2. The van der Waals surface area contributed by atoms with Gasteiger partial charge in [-0.15, -0.1) is 0 Å². The SMILES string of the molecule is NCc1cc(CO)nc(C(F)F)c1Cl. The van der Waals surface area contributed by atoms with Crippen LogP contribution in [0.2, 0.25) is 5.02 Å². The monoisotopic (exact) mass is 222 g/mol. The average molecular weight is 223 g/mol. The second-order valence-electron chi connectivity index (χ2n) is 2.63. The van der Waals surface area contributed by atoms with E-state index in [1.54, 1.807) is 0 Å². The van der Waals surface area contributed by atoms with E-state index in [0.717, 1.165) is 0 Å². The molecule has 0 saturated carbocycles. The summed E-state index contributed by atoms with van der Waals surface area (Å²) < 4.78 is 24.8. The van der Waals surface area contributed by atoms with E-state index in [0.29, 0.717) is 5.56 Å². The van der Waals surface area contributed by atoms with Crippen molar-refractivity contribution >= 4 is 11.6 Å². The number of aliphatic hydroxyl groups excluding tert-OH is 1. The average Bonchev–Trinajstić information content (AvgIpc) is 2.17. The number of halogens is 3. The van der Waals surface area contributed by atoms with E-state index in [1.165, 1.54) is 6.07 Å². The lowest BCUT2D eigenvalue weighted by Crippen LogP contribution is -2.05. The number of aromatic nitrogens is 1. The lowest BCUT2D eigenvalue weighted by molar-refractivity contribution is 0.145. The van der Waals surface area contributed by atoms with Gasteiger partial charge in [0.25, 0.3) is 6.43 Å². The fourth-order valence-corrected chi connectivity index (χ4v) is 1.30. The summed E-state index contributed by atoms with van der Waals surface area (Å²) in [6, 6.07) is 1.41. The molecule has 3 nitrogen and oxygen atoms in total. The normalized spacial score (nSPS) is 11.0. The quantitative estimate of drug-likeness (QED) is 0.817. The standard InChI is InChI=1S/C8H9ClF2N2O/c9-6-4(2-12)1-5(3-14)13-7(6)8(10)11/h1,8,14H,2-3,12H2. The topological polar surface area (TPSA) is 59.1 Å². The second-order valence-corrected chi connectivity index (χ2v) is 3.01. The molecule has 14 heavy (non-hydrogen) atoms. The summed E-state index contributed by atoms with van der Waals surface area (Å²) in [7, 11) is 0. The molecule has 1 heterocycles. The van der Waals surface area contributed by atoms with Gasteiger partial charge >= 0.3 is 0 Å². The molecule has 1 aromatic heterocycles. The van der Waals surface area contributed by atoms with E-state index in [1.807, 2.05) is 0 Å². The van der Waals surface area contributed by atoms with Crippen molar-refractivity contribution in [3.8, 4) is 0 Å². The molecule has 3 N–H and O–H groups in total. The third-order valence-corrected chi connectivity index (χ3v) is 2.14. The smallest absolute Gasteiger partial charge is 0.281 e. The van der Waals surface area contributed by atoms with Crippen molar-refractivity contribution in [3.05, 3.63) is 28.0 Å². The number of alkyl halides is 2. The molecule has 1 aromatic rings. The minimum absolute atomic E-state index is 0.0358. The number of hydrogen-bond donors (Lipinski definition) is 2. The second kappa shape index (κ2) is 4.63. The van der Waals surface area contributed by atoms with Crippen molar-refractivity contribution in [2.24, 2.45) is 5.73 Å². The minimum atomic E-state index is -2.76. The third kappa shape index (κ3) is 2.17. The molecule has 1 rings (SSSR count). The van der Waals surface area contributed by atoms with Crippen LogP contribution in [0.25, 0.3) is 0 Å². The fourth-order valence-electron chi connectivity index (χ4n) is 1.04. The van der Waals surface area contributed by atoms with E-state index in [9.17, 15) is 8.78 Å². The Morgan fingerprint density at radius 2 is 2.21 bits per heavy atom. The van der Waals surface area contributed by atoms with Crippen LogP contribution in [0, 0.1) is 0 Å². The van der Waals surface area contributed by atoms with Crippen LogP contribution in [0.1, 0.15) is 23.4 Å². The Kier molecular flexibility index (Phi) is 3.74. The van der Waals surface area contributed by atoms with E-state index in [2.05, 4.69) is 4.98 Å². The molecule has 0 fully saturated rings.